The highest BCUT2D eigenvalue weighted by Crippen LogP contribution is 2.40. The average Bonchev–Trinajstić information content (AvgIpc) is 2.87. The molecule has 0 saturated heterocycles. The molecule has 0 aliphatic heterocycles. The molecule has 21 heavy (non-hydrogen) atoms. The molecule has 118 valence electrons. The Balaban J connectivity index is 1.94. The molecule has 1 aliphatic carbocycles. The Bertz CT molecular complexity index is 512. The standard InChI is InChI=1S/C17H26FNOS/c1-12(19-21(20)17(2,3)4)13-8-9-15(10-13)14-6-5-7-16(18)11-14/h5-7,11-13,15,19H,8-10H2,1-4H3/t12-,13-,15+,21-/m0/s1. The van der Waals surface area contributed by atoms with Gasteiger partial charge in [-0.3, -0.25) is 0 Å². The van der Waals surface area contributed by atoms with Gasteiger partial charge in [0.25, 0.3) is 0 Å². The van der Waals surface area contributed by atoms with Gasteiger partial charge in [0.2, 0.25) is 0 Å². The normalized spacial score (nSPS) is 25.8. The third kappa shape index (κ3) is 4.36. The Morgan fingerprint density at radius 3 is 2.67 bits per heavy atom. The van der Waals surface area contributed by atoms with Gasteiger partial charge in [-0.05, 0) is 76.5 Å². The molecule has 1 saturated carbocycles. The van der Waals surface area contributed by atoms with Crippen molar-refractivity contribution in [3.05, 3.63) is 35.6 Å². The summed E-state index contributed by atoms with van der Waals surface area (Å²) in [5.74, 6) is 0.776. The number of hydrogen-bond donors (Lipinski definition) is 1. The fourth-order valence-electron chi connectivity index (χ4n) is 2.98. The summed E-state index contributed by atoms with van der Waals surface area (Å²) in [7, 11) is -1.03. The zero-order valence-electron chi connectivity index (χ0n) is 13.4. The van der Waals surface area contributed by atoms with E-state index in [1.54, 1.807) is 12.1 Å². The molecule has 1 aromatic rings. The maximum Gasteiger partial charge on any atom is 0.123 e. The predicted molar refractivity (Wildman–Crippen MR) is 87.0 cm³/mol. The SMILES string of the molecule is C[C@H](N[S@@](=O)C(C)(C)C)[C@H]1CC[C@@H](c2cccc(F)c2)C1. The summed E-state index contributed by atoms with van der Waals surface area (Å²) in [5, 5.41) is 0. The molecule has 2 nitrogen and oxygen atoms in total. The smallest absolute Gasteiger partial charge is 0.123 e. The van der Waals surface area contributed by atoms with Crippen LogP contribution < -0.4 is 4.72 Å². The Morgan fingerprint density at radius 1 is 1.33 bits per heavy atom. The van der Waals surface area contributed by atoms with Crippen LogP contribution in [-0.4, -0.2) is 15.0 Å². The third-order valence-corrected chi connectivity index (χ3v) is 6.05. The van der Waals surface area contributed by atoms with Crippen molar-refractivity contribution >= 4 is 11.0 Å². The van der Waals surface area contributed by atoms with Crippen molar-refractivity contribution in [2.75, 3.05) is 0 Å². The van der Waals surface area contributed by atoms with E-state index < -0.39 is 11.0 Å². The van der Waals surface area contributed by atoms with Gasteiger partial charge in [0.05, 0.1) is 15.7 Å². The summed E-state index contributed by atoms with van der Waals surface area (Å²) in [6.45, 7) is 8.05. The zero-order chi connectivity index (χ0) is 15.6. The Morgan fingerprint density at radius 2 is 2.05 bits per heavy atom. The van der Waals surface area contributed by atoms with Gasteiger partial charge >= 0.3 is 0 Å². The largest absolute Gasteiger partial charge is 0.242 e. The highest BCUT2D eigenvalue weighted by atomic mass is 32.2. The molecular formula is C17H26FNOS. The van der Waals surface area contributed by atoms with E-state index in [-0.39, 0.29) is 16.6 Å². The van der Waals surface area contributed by atoms with E-state index in [4.69, 9.17) is 0 Å². The van der Waals surface area contributed by atoms with Crippen LogP contribution >= 0.6 is 0 Å². The second-order valence-electron chi connectivity index (χ2n) is 7.11. The fourth-order valence-corrected chi connectivity index (χ4v) is 3.86. The number of halogens is 1. The van der Waals surface area contributed by atoms with Crippen LogP contribution in [0.4, 0.5) is 4.39 Å². The summed E-state index contributed by atoms with van der Waals surface area (Å²) in [4.78, 5) is 0. The maximum absolute atomic E-state index is 13.3. The van der Waals surface area contributed by atoms with Crippen molar-refractivity contribution in [1.82, 2.24) is 4.72 Å². The first-order valence-electron chi connectivity index (χ1n) is 7.71. The topological polar surface area (TPSA) is 29.1 Å². The van der Waals surface area contributed by atoms with Crippen LogP contribution in [0.25, 0.3) is 0 Å². The van der Waals surface area contributed by atoms with Crippen molar-refractivity contribution in [3.8, 4) is 0 Å². The zero-order valence-corrected chi connectivity index (χ0v) is 14.2. The van der Waals surface area contributed by atoms with Crippen LogP contribution in [0.1, 0.15) is 58.4 Å². The average molecular weight is 311 g/mol. The highest BCUT2D eigenvalue weighted by Gasteiger charge is 2.31. The van der Waals surface area contributed by atoms with E-state index in [0.29, 0.717) is 11.8 Å². The van der Waals surface area contributed by atoms with Crippen molar-refractivity contribution in [2.45, 2.75) is 63.7 Å². The number of hydrogen-bond acceptors (Lipinski definition) is 1. The molecule has 1 aliphatic rings. The van der Waals surface area contributed by atoms with Gasteiger partial charge in [-0.25, -0.2) is 13.3 Å². The van der Waals surface area contributed by atoms with Crippen LogP contribution in [-0.2, 0) is 11.0 Å². The monoisotopic (exact) mass is 311 g/mol. The third-order valence-electron chi connectivity index (χ3n) is 4.35. The summed E-state index contributed by atoms with van der Waals surface area (Å²) in [6, 6.07) is 7.17. The van der Waals surface area contributed by atoms with Gasteiger partial charge in [0.15, 0.2) is 0 Å². The summed E-state index contributed by atoms with van der Waals surface area (Å²) < 4.78 is 28.5. The predicted octanol–water partition coefficient (Wildman–Crippen LogP) is 4.15. The van der Waals surface area contributed by atoms with Crippen molar-refractivity contribution in [2.24, 2.45) is 5.92 Å². The maximum atomic E-state index is 13.3. The second kappa shape index (κ2) is 6.57. The van der Waals surface area contributed by atoms with E-state index in [9.17, 15) is 8.60 Å². The van der Waals surface area contributed by atoms with Crippen LogP contribution in [0, 0.1) is 11.7 Å². The lowest BCUT2D eigenvalue weighted by atomic mass is 9.94. The molecule has 0 unspecified atom stereocenters. The summed E-state index contributed by atoms with van der Waals surface area (Å²) >= 11 is 0. The van der Waals surface area contributed by atoms with Crippen LogP contribution in [0.15, 0.2) is 24.3 Å². The quantitative estimate of drug-likeness (QED) is 0.889. The molecule has 0 heterocycles. The van der Waals surface area contributed by atoms with Gasteiger partial charge < -0.3 is 0 Å². The van der Waals surface area contributed by atoms with E-state index in [1.807, 2.05) is 26.8 Å². The minimum Gasteiger partial charge on any atom is -0.242 e. The lowest BCUT2D eigenvalue weighted by molar-refractivity contribution is 0.424. The summed E-state index contributed by atoms with van der Waals surface area (Å²) in [5.41, 5.74) is 1.10. The Labute approximate surface area is 130 Å². The fraction of sp³-hybridized carbons (Fsp3) is 0.647. The van der Waals surface area contributed by atoms with Gasteiger partial charge in [0.1, 0.15) is 5.82 Å². The first-order chi connectivity index (χ1) is 9.77. The number of benzene rings is 1. The number of rotatable bonds is 4. The van der Waals surface area contributed by atoms with Crippen LogP contribution in [0.3, 0.4) is 0 Å². The molecule has 0 aromatic heterocycles. The van der Waals surface area contributed by atoms with Gasteiger partial charge in [0, 0.05) is 6.04 Å². The van der Waals surface area contributed by atoms with Gasteiger partial charge in [-0.15, -0.1) is 0 Å². The minimum atomic E-state index is -1.03. The first-order valence-corrected chi connectivity index (χ1v) is 8.86. The first kappa shape index (κ1) is 16.6. The van der Waals surface area contributed by atoms with Crippen LogP contribution in [0.5, 0.6) is 0 Å². The molecule has 0 bridgehead atoms. The van der Waals surface area contributed by atoms with Crippen molar-refractivity contribution in [3.63, 3.8) is 0 Å². The number of nitrogens with one attached hydrogen (secondary N) is 1. The molecule has 1 fully saturated rings. The van der Waals surface area contributed by atoms with E-state index >= 15 is 0 Å². The van der Waals surface area contributed by atoms with E-state index in [1.165, 1.54) is 6.07 Å². The lowest BCUT2D eigenvalue weighted by Gasteiger charge is -2.25. The Kier molecular flexibility index (Phi) is 5.20. The van der Waals surface area contributed by atoms with Gasteiger partial charge in [-0.2, -0.15) is 0 Å². The van der Waals surface area contributed by atoms with Crippen molar-refractivity contribution in [1.29, 1.82) is 0 Å². The summed E-state index contributed by atoms with van der Waals surface area (Å²) in [6.07, 6.45) is 3.23. The molecule has 1 N–H and O–H groups in total. The van der Waals surface area contributed by atoms with Crippen LogP contribution in [0.2, 0.25) is 0 Å². The van der Waals surface area contributed by atoms with Crippen molar-refractivity contribution < 1.29 is 8.60 Å². The van der Waals surface area contributed by atoms with E-state index in [2.05, 4.69) is 11.6 Å². The second-order valence-corrected chi connectivity index (χ2v) is 9.11. The van der Waals surface area contributed by atoms with Gasteiger partial charge in [-0.1, -0.05) is 12.1 Å². The molecule has 4 heteroatoms. The van der Waals surface area contributed by atoms with E-state index in [0.717, 1.165) is 24.8 Å². The molecule has 1 aromatic carbocycles. The molecule has 2 rings (SSSR count). The molecule has 0 amide bonds. The molecule has 0 radical (unpaired) electrons. The minimum absolute atomic E-state index is 0.157. The molecular weight excluding hydrogens is 285 g/mol. The molecule has 0 spiro atoms. The lowest BCUT2D eigenvalue weighted by Crippen LogP contribution is -2.41. The Hall–Kier alpha value is -0.740. The molecule has 4 atom stereocenters. The highest BCUT2D eigenvalue weighted by molar-refractivity contribution is 7.84.